The molecule has 0 aliphatic heterocycles. The fourth-order valence-corrected chi connectivity index (χ4v) is 1.65. The van der Waals surface area contributed by atoms with Crippen molar-refractivity contribution in [3.05, 3.63) is 29.3 Å². The maximum Gasteiger partial charge on any atom is 0.186 e. The summed E-state index contributed by atoms with van der Waals surface area (Å²) in [5.74, 6) is 1.26. The van der Waals surface area contributed by atoms with Crippen molar-refractivity contribution in [2.24, 2.45) is 0 Å². The molecule has 0 aliphatic carbocycles. The Morgan fingerprint density at radius 1 is 1.00 bits per heavy atom. The summed E-state index contributed by atoms with van der Waals surface area (Å²) in [5.41, 5.74) is 2.17. The molecule has 0 saturated heterocycles. The molecule has 0 atom stereocenters. The minimum Gasteiger partial charge on any atom is -0.496 e. The zero-order valence-corrected chi connectivity index (χ0v) is 10.6. The lowest BCUT2D eigenvalue weighted by Gasteiger charge is -2.18. The zero-order valence-electron chi connectivity index (χ0n) is 10.6. The van der Waals surface area contributed by atoms with Crippen molar-refractivity contribution in [3.63, 3.8) is 0 Å². The molecule has 90 valence electrons. The fraction of sp³-hybridized carbons (Fsp3) is 0.538. The molecular weight excluding hydrogens is 204 g/mol. The Bertz CT molecular complexity index is 330. The summed E-state index contributed by atoms with van der Waals surface area (Å²) in [6.45, 7) is 4.31. The quantitative estimate of drug-likeness (QED) is 0.719. The molecule has 3 nitrogen and oxygen atoms in total. The fourth-order valence-electron chi connectivity index (χ4n) is 1.65. The molecule has 0 spiro atoms. The minimum atomic E-state index is -0.381. The lowest BCUT2D eigenvalue weighted by molar-refractivity contribution is -0.107. The van der Waals surface area contributed by atoms with Gasteiger partial charge in [-0.05, 0) is 23.6 Å². The largest absolute Gasteiger partial charge is 0.496 e. The van der Waals surface area contributed by atoms with E-state index in [9.17, 15) is 0 Å². The van der Waals surface area contributed by atoms with Gasteiger partial charge in [-0.25, -0.2) is 0 Å². The lowest BCUT2D eigenvalue weighted by atomic mass is 10.00. The molecule has 0 unspecified atom stereocenters. The molecule has 0 radical (unpaired) electrons. The van der Waals surface area contributed by atoms with E-state index >= 15 is 0 Å². The van der Waals surface area contributed by atoms with E-state index in [2.05, 4.69) is 26.0 Å². The first kappa shape index (κ1) is 13.0. The Balaban J connectivity index is 3.15. The number of rotatable bonds is 5. The first-order chi connectivity index (χ1) is 7.63. The van der Waals surface area contributed by atoms with Crippen LogP contribution in [0.25, 0.3) is 0 Å². The van der Waals surface area contributed by atoms with Gasteiger partial charge in [-0.2, -0.15) is 0 Å². The van der Waals surface area contributed by atoms with Gasteiger partial charge in [0.25, 0.3) is 0 Å². The summed E-state index contributed by atoms with van der Waals surface area (Å²) in [5, 5.41) is 0. The van der Waals surface area contributed by atoms with Gasteiger partial charge < -0.3 is 14.2 Å². The topological polar surface area (TPSA) is 27.7 Å². The maximum absolute atomic E-state index is 5.30. The third-order valence-electron chi connectivity index (χ3n) is 2.60. The van der Waals surface area contributed by atoms with Crippen LogP contribution in [0.5, 0.6) is 5.75 Å². The van der Waals surface area contributed by atoms with Gasteiger partial charge in [0.15, 0.2) is 6.29 Å². The van der Waals surface area contributed by atoms with Gasteiger partial charge >= 0.3 is 0 Å². The Hall–Kier alpha value is -1.06. The number of benzene rings is 1. The van der Waals surface area contributed by atoms with Gasteiger partial charge in [0.2, 0.25) is 0 Å². The summed E-state index contributed by atoms with van der Waals surface area (Å²) in [6.07, 6.45) is -0.381. The highest BCUT2D eigenvalue weighted by molar-refractivity contribution is 5.39. The van der Waals surface area contributed by atoms with Gasteiger partial charge in [-0.1, -0.05) is 19.9 Å². The van der Waals surface area contributed by atoms with Crippen LogP contribution in [-0.4, -0.2) is 21.3 Å². The lowest BCUT2D eigenvalue weighted by Crippen LogP contribution is -2.06. The highest BCUT2D eigenvalue weighted by Gasteiger charge is 2.16. The van der Waals surface area contributed by atoms with Gasteiger partial charge in [0.1, 0.15) is 5.75 Å². The van der Waals surface area contributed by atoms with Crippen molar-refractivity contribution < 1.29 is 14.2 Å². The highest BCUT2D eigenvalue weighted by atomic mass is 16.7. The molecule has 0 N–H and O–H groups in total. The van der Waals surface area contributed by atoms with Crippen LogP contribution < -0.4 is 4.74 Å². The number of hydrogen-bond donors (Lipinski definition) is 0. The van der Waals surface area contributed by atoms with E-state index in [1.165, 1.54) is 5.56 Å². The van der Waals surface area contributed by atoms with E-state index in [1.807, 2.05) is 6.07 Å². The summed E-state index contributed by atoms with van der Waals surface area (Å²) in [4.78, 5) is 0. The van der Waals surface area contributed by atoms with Crippen LogP contribution >= 0.6 is 0 Å². The van der Waals surface area contributed by atoms with Crippen LogP contribution in [0.4, 0.5) is 0 Å². The van der Waals surface area contributed by atoms with Crippen LogP contribution in [0, 0.1) is 0 Å². The number of ether oxygens (including phenoxy) is 3. The zero-order chi connectivity index (χ0) is 12.1. The normalized spacial score (nSPS) is 11.2. The second-order valence-corrected chi connectivity index (χ2v) is 3.96. The highest BCUT2D eigenvalue weighted by Crippen LogP contribution is 2.30. The van der Waals surface area contributed by atoms with Crippen LogP contribution in [0.3, 0.4) is 0 Å². The third-order valence-corrected chi connectivity index (χ3v) is 2.60. The average Bonchev–Trinajstić information content (AvgIpc) is 2.30. The van der Waals surface area contributed by atoms with E-state index in [1.54, 1.807) is 21.3 Å². The Kier molecular flexibility index (Phi) is 4.77. The Morgan fingerprint density at radius 2 is 1.62 bits per heavy atom. The molecule has 0 fully saturated rings. The molecular formula is C13H20O3. The minimum absolute atomic E-state index is 0.381. The Labute approximate surface area is 97.3 Å². The maximum atomic E-state index is 5.30. The first-order valence-electron chi connectivity index (χ1n) is 5.37. The average molecular weight is 224 g/mol. The van der Waals surface area contributed by atoms with Crippen LogP contribution in [0.2, 0.25) is 0 Å². The van der Waals surface area contributed by atoms with E-state index in [0.29, 0.717) is 5.92 Å². The van der Waals surface area contributed by atoms with E-state index in [4.69, 9.17) is 14.2 Å². The summed E-state index contributed by atoms with van der Waals surface area (Å²) >= 11 is 0. The number of hydrogen-bond acceptors (Lipinski definition) is 3. The van der Waals surface area contributed by atoms with Gasteiger partial charge in [-0.15, -0.1) is 0 Å². The predicted octanol–water partition coefficient (Wildman–Crippen LogP) is 3.11. The van der Waals surface area contributed by atoms with Crippen molar-refractivity contribution in [3.8, 4) is 5.75 Å². The molecule has 1 aromatic rings. The monoisotopic (exact) mass is 224 g/mol. The smallest absolute Gasteiger partial charge is 0.186 e. The SMILES string of the molecule is COc1ccc(C(C)C)cc1C(OC)OC. The van der Waals surface area contributed by atoms with E-state index in [0.717, 1.165) is 11.3 Å². The van der Waals surface area contributed by atoms with Crippen molar-refractivity contribution in [1.82, 2.24) is 0 Å². The van der Waals surface area contributed by atoms with Gasteiger partial charge in [0.05, 0.1) is 7.11 Å². The molecule has 1 rings (SSSR count). The van der Waals surface area contributed by atoms with E-state index in [-0.39, 0.29) is 6.29 Å². The second kappa shape index (κ2) is 5.87. The van der Waals surface area contributed by atoms with Crippen molar-refractivity contribution in [2.45, 2.75) is 26.1 Å². The Morgan fingerprint density at radius 3 is 2.06 bits per heavy atom. The van der Waals surface area contributed by atoms with Gasteiger partial charge in [0, 0.05) is 19.8 Å². The third kappa shape index (κ3) is 2.74. The van der Waals surface area contributed by atoms with Crippen LogP contribution in [0.1, 0.15) is 37.2 Å². The molecule has 3 heteroatoms. The standard InChI is InChI=1S/C13H20O3/c1-9(2)10-6-7-12(14-3)11(8-10)13(15-4)16-5/h6-9,13H,1-5H3. The molecule has 0 amide bonds. The van der Waals surface area contributed by atoms with Crippen LogP contribution in [-0.2, 0) is 9.47 Å². The number of methoxy groups -OCH3 is 3. The second-order valence-electron chi connectivity index (χ2n) is 3.96. The molecule has 0 heterocycles. The molecule has 0 saturated carbocycles. The van der Waals surface area contributed by atoms with Gasteiger partial charge in [-0.3, -0.25) is 0 Å². The van der Waals surface area contributed by atoms with Crippen molar-refractivity contribution in [1.29, 1.82) is 0 Å². The molecule has 0 aliphatic rings. The predicted molar refractivity (Wildman–Crippen MR) is 63.8 cm³/mol. The van der Waals surface area contributed by atoms with Crippen molar-refractivity contribution >= 4 is 0 Å². The molecule has 0 aromatic heterocycles. The summed E-state index contributed by atoms with van der Waals surface area (Å²) in [7, 11) is 4.89. The van der Waals surface area contributed by atoms with Crippen LogP contribution in [0.15, 0.2) is 18.2 Å². The van der Waals surface area contributed by atoms with E-state index < -0.39 is 0 Å². The molecule has 16 heavy (non-hydrogen) atoms. The summed E-state index contributed by atoms with van der Waals surface area (Å²) < 4.78 is 15.8. The molecule has 1 aromatic carbocycles. The molecule has 0 bridgehead atoms. The van der Waals surface area contributed by atoms with Crippen molar-refractivity contribution in [2.75, 3.05) is 21.3 Å². The first-order valence-corrected chi connectivity index (χ1v) is 5.37. The summed E-state index contributed by atoms with van der Waals surface area (Å²) in [6, 6.07) is 6.09.